The van der Waals surface area contributed by atoms with Crippen LogP contribution >= 0.6 is 0 Å². The van der Waals surface area contributed by atoms with Gasteiger partial charge in [-0.2, -0.15) is 13.2 Å². The number of nitrogens with zero attached hydrogens (tertiary/aromatic N) is 2. The molecule has 0 saturated heterocycles. The number of para-hydroxylation sites is 1. The van der Waals surface area contributed by atoms with Gasteiger partial charge in [0.2, 0.25) is 0 Å². The number of hydrogen-bond acceptors (Lipinski definition) is 4. The summed E-state index contributed by atoms with van der Waals surface area (Å²) in [7, 11) is 1.73. The average Bonchev–Trinajstić information content (AvgIpc) is 3.24. The molecule has 3 N–H and O–H groups in total. The van der Waals surface area contributed by atoms with Crippen molar-refractivity contribution in [3.05, 3.63) is 71.7 Å². The monoisotopic (exact) mass is 460 g/mol. The molecule has 0 fully saturated rings. The van der Waals surface area contributed by atoms with Crippen molar-refractivity contribution in [3.8, 4) is 11.3 Å². The summed E-state index contributed by atoms with van der Waals surface area (Å²) in [5, 5.41) is 9.96. The molecule has 33 heavy (non-hydrogen) atoms. The lowest BCUT2D eigenvalue weighted by Crippen LogP contribution is -2.31. The molecule has 0 radical (unpaired) electrons. The van der Waals surface area contributed by atoms with Crippen molar-refractivity contribution < 1.29 is 32.7 Å². The van der Waals surface area contributed by atoms with Gasteiger partial charge in [0.25, 0.3) is 11.8 Å². The molecule has 0 spiro atoms. The van der Waals surface area contributed by atoms with Crippen LogP contribution in [0.25, 0.3) is 11.3 Å². The summed E-state index contributed by atoms with van der Waals surface area (Å²) in [5.74, 6) is -3.01. The van der Waals surface area contributed by atoms with E-state index < -0.39 is 12.1 Å². The topological polar surface area (TPSA) is 115 Å². The zero-order valence-corrected chi connectivity index (χ0v) is 17.3. The summed E-state index contributed by atoms with van der Waals surface area (Å²) >= 11 is 0. The first-order valence-corrected chi connectivity index (χ1v) is 9.67. The molecule has 1 aromatic carbocycles. The molecular formula is C22H19F3N4O4. The molecule has 3 heterocycles. The lowest BCUT2D eigenvalue weighted by Gasteiger charge is -2.16. The van der Waals surface area contributed by atoms with Gasteiger partial charge in [-0.15, -0.1) is 0 Å². The van der Waals surface area contributed by atoms with Crippen LogP contribution in [0.3, 0.4) is 0 Å². The van der Waals surface area contributed by atoms with Crippen LogP contribution in [0, 0.1) is 0 Å². The summed E-state index contributed by atoms with van der Waals surface area (Å²) in [6, 6.07) is 14.8. The molecule has 0 atom stereocenters. The summed E-state index contributed by atoms with van der Waals surface area (Å²) in [5.41, 5.74) is 4.38. The Hall–Kier alpha value is -4.15. The van der Waals surface area contributed by atoms with Crippen LogP contribution in [0.1, 0.15) is 26.5 Å². The molecule has 2 aromatic heterocycles. The van der Waals surface area contributed by atoms with Gasteiger partial charge in [0.05, 0.1) is 5.56 Å². The van der Waals surface area contributed by atoms with Crippen LogP contribution < -0.4 is 10.2 Å². The number of alkyl halides is 3. The van der Waals surface area contributed by atoms with Gasteiger partial charge in [-0.3, -0.25) is 14.6 Å². The molecule has 2 amide bonds. The fourth-order valence-corrected chi connectivity index (χ4v) is 3.10. The molecule has 0 unspecified atom stereocenters. The maximum atomic E-state index is 12.8. The highest BCUT2D eigenvalue weighted by atomic mass is 19.4. The van der Waals surface area contributed by atoms with E-state index in [2.05, 4.69) is 15.3 Å². The number of carboxylic acid groups (broad SMARTS) is 1. The minimum absolute atomic E-state index is 0.0667. The van der Waals surface area contributed by atoms with Gasteiger partial charge in [-0.05, 0) is 30.3 Å². The van der Waals surface area contributed by atoms with E-state index in [4.69, 9.17) is 9.90 Å². The number of benzene rings is 1. The Morgan fingerprint density at radius 1 is 1.12 bits per heavy atom. The zero-order chi connectivity index (χ0) is 24.2. The van der Waals surface area contributed by atoms with Crippen LogP contribution in [0.4, 0.5) is 18.9 Å². The third kappa shape index (κ3) is 5.56. The van der Waals surface area contributed by atoms with Crippen LogP contribution in [-0.4, -0.2) is 52.6 Å². The zero-order valence-electron chi connectivity index (χ0n) is 17.3. The van der Waals surface area contributed by atoms with Gasteiger partial charge >= 0.3 is 12.1 Å². The second-order valence-electron chi connectivity index (χ2n) is 7.01. The van der Waals surface area contributed by atoms with Gasteiger partial charge in [-0.1, -0.05) is 18.2 Å². The third-order valence-corrected chi connectivity index (χ3v) is 4.79. The predicted octanol–water partition coefficient (Wildman–Crippen LogP) is 3.27. The van der Waals surface area contributed by atoms with E-state index in [0.717, 1.165) is 29.1 Å². The van der Waals surface area contributed by atoms with Gasteiger partial charge in [0.1, 0.15) is 5.69 Å². The molecule has 4 rings (SSSR count). The second kappa shape index (κ2) is 9.55. The Kier molecular flexibility index (Phi) is 6.80. The quantitative estimate of drug-likeness (QED) is 0.555. The van der Waals surface area contributed by atoms with Crippen LogP contribution in [0.15, 0.2) is 54.7 Å². The van der Waals surface area contributed by atoms with Crippen molar-refractivity contribution in [1.82, 2.24) is 15.3 Å². The normalized spacial score (nSPS) is 12.7. The third-order valence-electron chi connectivity index (χ3n) is 4.79. The van der Waals surface area contributed by atoms with Gasteiger partial charge in [0.15, 0.2) is 0 Å². The number of H-pyrrole nitrogens is 1. The lowest BCUT2D eigenvalue weighted by atomic mass is 10.1. The van der Waals surface area contributed by atoms with Crippen LogP contribution in [0.2, 0.25) is 0 Å². The predicted molar refractivity (Wildman–Crippen MR) is 113 cm³/mol. The van der Waals surface area contributed by atoms with Crippen LogP contribution in [-0.2, 0) is 11.2 Å². The van der Waals surface area contributed by atoms with Crippen molar-refractivity contribution >= 4 is 23.5 Å². The van der Waals surface area contributed by atoms with Crippen molar-refractivity contribution in [3.63, 3.8) is 0 Å². The van der Waals surface area contributed by atoms with E-state index in [1.165, 1.54) is 0 Å². The number of nitrogens with one attached hydrogen (secondary N) is 2. The van der Waals surface area contributed by atoms with E-state index in [1.54, 1.807) is 24.2 Å². The standard InChI is InChI=1S/C20H18N4O2.C2HF3O2/c1-24(14-5-3-2-4-6-14)20(26)18-11-13(7-9-21-18)17-12-15-16(23-17)8-10-22-19(15)25;3-2(4,5)1(6)7/h2-7,9,11-12,23H,8,10H2,1H3,(H,22,25);(H,6,7). The van der Waals surface area contributed by atoms with E-state index >= 15 is 0 Å². The number of anilines is 1. The summed E-state index contributed by atoms with van der Waals surface area (Å²) < 4.78 is 31.7. The summed E-state index contributed by atoms with van der Waals surface area (Å²) in [4.78, 5) is 42.7. The molecule has 8 nitrogen and oxygen atoms in total. The Balaban J connectivity index is 0.000000383. The van der Waals surface area contributed by atoms with Crippen molar-refractivity contribution in [2.24, 2.45) is 0 Å². The first-order chi connectivity index (χ1) is 15.6. The number of rotatable bonds is 3. The highest BCUT2D eigenvalue weighted by molar-refractivity contribution is 6.05. The van der Waals surface area contributed by atoms with Gasteiger partial charge in [0, 0.05) is 48.8 Å². The number of aromatic amines is 1. The SMILES string of the molecule is CN(C(=O)c1cc(-c2cc3c([nH]2)CCNC3=O)ccn1)c1ccccc1.O=C(O)C(F)(F)F. The van der Waals surface area contributed by atoms with Crippen LogP contribution in [0.5, 0.6) is 0 Å². The summed E-state index contributed by atoms with van der Waals surface area (Å²) in [6.07, 6.45) is -2.70. The van der Waals surface area contributed by atoms with Crippen molar-refractivity contribution in [1.29, 1.82) is 0 Å². The highest BCUT2D eigenvalue weighted by Crippen LogP contribution is 2.25. The molecular weight excluding hydrogens is 441 g/mol. The number of aliphatic carboxylic acids is 1. The molecule has 1 aliphatic heterocycles. The van der Waals surface area contributed by atoms with E-state index in [0.29, 0.717) is 17.8 Å². The largest absolute Gasteiger partial charge is 0.490 e. The van der Waals surface area contributed by atoms with Gasteiger partial charge in [-0.25, -0.2) is 4.79 Å². The number of carbonyl (C=O) groups excluding carboxylic acids is 2. The number of carboxylic acids is 1. The minimum atomic E-state index is -5.08. The molecule has 0 bridgehead atoms. The van der Waals surface area contributed by atoms with E-state index in [-0.39, 0.29) is 11.8 Å². The number of amides is 2. The number of aromatic nitrogens is 2. The fourth-order valence-electron chi connectivity index (χ4n) is 3.10. The van der Waals surface area contributed by atoms with E-state index in [1.807, 2.05) is 42.5 Å². The number of hydrogen-bond donors (Lipinski definition) is 3. The molecule has 0 saturated carbocycles. The average molecular weight is 460 g/mol. The number of fused-ring (bicyclic) bond motifs is 1. The van der Waals surface area contributed by atoms with Gasteiger partial charge < -0.3 is 20.3 Å². The van der Waals surface area contributed by atoms with Crippen molar-refractivity contribution in [2.75, 3.05) is 18.5 Å². The smallest absolute Gasteiger partial charge is 0.475 e. The number of pyridine rings is 1. The molecule has 3 aromatic rings. The lowest BCUT2D eigenvalue weighted by molar-refractivity contribution is -0.192. The Morgan fingerprint density at radius 2 is 1.79 bits per heavy atom. The minimum Gasteiger partial charge on any atom is -0.475 e. The maximum Gasteiger partial charge on any atom is 0.490 e. The van der Waals surface area contributed by atoms with Crippen molar-refractivity contribution in [2.45, 2.75) is 12.6 Å². The molecule has 172 valence electrons. The molecule has 11 heteroatoms. The Labute approximate surface area is 186 Å². The number of carbonyl (C=O) groups is 3. The fraction of sp³-hybridized carbons (Fsp3) is 0.182. The first-order valence-electron chi connectivity index (χ1n) is 9.67. The highest BCUT2D eigenvalue weighted by Gasteiger charge is 2.38. The maximum absolute atomic E-state index is 12.8. The Bertz CT molecular complexity index is 1180. The molecule has 0 aliphatic carbocycles. The van der Waals surface area contributed by atoms with E-state index in [9.17, 15) is 22.8 Å². The Morgan fingerprint density at radius 3 is 2.39 bits per heavy atom. The number of halogens is 3. The summed E-state index contributed by atoms with van der Waals surface area (Å²) in [6.45, 7) is 0.633. The molecule has 1 aliphatic rings. The first kappa shape index (κ1) is 23.5. The second-order valence-corrected chi connectivity index (χ2v) is 7.01.